The van der Waals surface area contributed by atoms with Crippen LogP contribution < -0.4 is 4.74 Å². The number of methoxy groups -OCH3 is 1. The molecule has 2 N–H and O–H groups in total. The summed E-state index contributed by atoms with van der Waals surface area (Å²) in [6, 6.07) is 7.66. The Morgan fingerprint density at radius 1 is 1.23 bits per heavy atom. The lowest BCUT2D eigenvalue weighted by Crippen LogP contribution is -2.14. The Bertz CT molecular complexity index is 951. The average Bonchev–Trinajstić information content (AvgIpc) is 2.66. The summed E-state index contributed by atoms with van der Waals surface area (Å²) in [6.45, 7) is 3.97. The Hall–Kier alpha value is -2.70. The molecule has 0 saturated heterocycles. The van der Waals surface area contributed by atoms with Gasteiger partial charge in [0.15, 0.2) is 0 Å². The zero-order chi connectivity index (χ0) is 22.4. The monoisotopic (exact) mass is 434 g/mol. The van der Waals surface area contributed by atoms with Crippen LogP contribution in [0.3, 0.4) is 0 Å². The van der Waals surface area contributed by atoms with Crippen molar-refractivity contribution in [2.24, 2.45) is 0 Å². The van der Waals surface area contributed by atoms with Crippen LogP contribution in [0.15, 0.2) is 36.4 Å². The molecule has 2 aromatic carbocycles. The van der Waals surface area contributed by atoms with Crippen LogP contribution in [0.25, 0.3) is 17.2 Å². The van der Waals surface area contributed by atoms with Gasteiger partial charge < -0.3 is 14.9 Å². The third-order valence-electron chi connectivity index (χ3n) is 4.54. The number of ether oxygens (including phenoxy) is 1. The number of carboxylic acid groups (broad SMARTS) is 1. The predicted molar refractivity (Wildman–Crippen MR) is 114 cm³/mol. The van der Waals surface area contributed by atoms with Gasteiger partial charge in [0, 0.05) is 12.0 Å². The number of Topliss-reactive ketones (excluding diaryl/α,β-unsaturated/α-hetero) is 1. The molecule has 0 saturated carbocycles. The topological polar surface area (TPSA) is 83.8 Å². The fourth-order valence-electron chi connectivity index (χ4n) is 3.18. The maximum absolute atomic E-state index is 13.5. The van der Waals surface area contributed by atoms with E-state index in [1.54, 1.807) is 24.3 Å². The van der Waals surface area contributed by atoms with E-state index in [9.17, 15) is 19.1 Å². The van der Waals surface area contributed by atoms with Gasteiger partial charge in [0.25, 0.3) is 0 Å². The number of aliphatic hydroxyl groups is 1. The van der Waals surface area contributed by atoms with Crippen molar-refractivity contribution in [2.45, 2.75) is 38.7 Å². The molecule has 0 aliphatic carbocycles. The predicted octanol–water partition coefficient (Wildman–Crippen LogP) is 5.09. The molecule has 2 aromatic rings. The summed E-state index contributed by atoms with van der Waals surface area (Å²) in [7, 11) is 1.48. The number of halogens is 2. The van der Waals surface area contributed by atoms with E-state index >= 15 is 0 Å². The Kier molecular flexibility index (Phi) is 8.15. The molecule has 1 atom stereocenters. The van der Waals surface area contributed by atoms with Crippen LogP contribution in [0, 0.1) is 5.82 Å². The molecule has 0 aliphatic heterocycles. The Morgan fingerprint density at radius 3 is 2.40 bits per heavy atom. The molecule has 0 amide bonds. The number of rotatable bonds is 9. The number of carbonyl (C=O) groups excluding carboxylic acids is 1. The van der Waals surface area contributed by atoms with Crippen molar-refractivity contribution in [3.63, 3.8) is 0 Å². The number of aliphatic hydroxyl groups excluding tert-OH is 1. The summed E-state index contributed by atoms with van der Waals surface area (Å²) >= 11 is 6.44. The first-order chi connectivity index (χ1) is 14.1. The van der Waals surface area contributed by atoms with Gasteiger partial charge in [0.1, 0.15) is 23.8 Å². The van der Waals surface area contributed by atoms with Crippen molar-refractivity contribution in [3.05, 3.63) is 58.4 Å². The average molecular weight is 435 g/mol. The minimum absolute atomic E-state index is 0.0676. The maximum Gasteiger partial charge on any atom is 0.310 e. The summed E-state index contributed by atoms with van der Waals surface area (Å²) in [5.41, 5.74) is 2.89. The van der Waals surface area contributed by atoms with Crippen LogP contribution in [-0.2, 0) is 9.59 Å². The molecule has 0 heterocycles. The number of benzene rings is 2. The fourth-order valence-corrected chi connectivity index (χ4v) is 3.46. The number of ketones is 1. The van der Waals surface area contributed by atoms with Crippen LogP contribution in [0.2, 0.25) is 5.02 Å². The molecule has 5 nitrogen and oxygen atoms in total. The van der Waals surface area contributed by atoms with E-state index in [2.05, 4.69) is 0 Å². The highest BCUT2D eigenvalue weighted by Crippen LogP contribution is 2.43. The van der Waals surface area contributed by atoms with Crippen LogP contribution >= 0.6 is 11.6 Å². The first kappa shape index (κ1) is 23.6. The van der Waals surface area contributed by atoms with E-state index in [0.29, 0.717) is 27.5 Å². The van der Waals surface area contributed by atoms with Gasteiger partial charge in [-0.25, -0.2) is 4.39 Å². The zero-order valence-corrected chi connectivity index (χ0v) is 17.7. The van der Waals surface area contributed by atoms with E-state index in [1.807, 2.05) is 13.8 Å². The van der Waals surface area contributed by atoms with E-state index in [-0.39, 0.29) is 18.2 Å². The first-order valence-electron chi connectivity index (χ1n) is 9.40. The second-order valence-electron chi connectivity index (χ2n) is 7.17. The summed E-state index contributed by atoms with van der Waals surface area (Å²) in [4.78, 5) is 22.3. The van der Waals surface area contributed by atoms with Crippen molar-refractivity contribution < 1.29 is 28.9 Å². The van der Waals surface area contributed by atoms with Gasteiger partial charge in [-0.15, -0.1) is 0 Å². The maximum atomic E-state index is 13.5. The highest BCUT2D eigenvalue weighted by molar-refractivity contribution is 6.32. The second-order valence-corrected chi connectivity index (χ2v) is 7.58. The SMILES string of the molecule is COc1c(Cl)cc(C(C)C)c(C=CC(O)CC(=O)CC(=O)O)c1-c1ccc(F)cc1. The normalized spacial score (nSPS) is 12.4. The fraction of sp³-hybridized carbons (Fsp3) is 0.304. The lowest BCUT2D eigenvalue weighted by molar-refractivity contribution is -0.140. The van der Waals surface area contributed by atoms with Crippen molar-refractivity contribution >= 4 is 29.4 Å². The van der Waals surface area contributed by atoms with Gasteiger partial charge in [-0.05, 0) is 40.8 Å². The van der Waals surface area contributed by atoms with Gasteiger partial charge in [-0.3, -0.25) is 9.59 Å². The number of hydrogen-bond acceptors (Lipinski definition) is 4. The molecule has 2 rings (SSSR count). The minimum Gasteiger partial charge on any atom is -0.495 e. The molecule has 0 radical (unpaired) electrons. The Labute approximate surface area is 179 Å². The minimum atomic E-state index is -1.24. The molecular weight excluding hydrogens is 411 g/mol. The number of carbonyl (C=O) groups is 2. The molecule has 0 fully saturated rings. The van der Waals surface area contributed by atoms with Crippen molar-refractivity contribution in [1.29, 1.82) is 0 Å². The number of aliphatic carboxylic acids is 1. The second kappa shape index (κ2) is 10.4. The standard InChI is InChI=1S/C23H24ClFO5/c1-13(2)19-12-20(24)23(30-3)22(14-4-6-15(25)7-5-14)18(19)9-8-16(26)10-17(27)11-21(28)29/h4-9,12-13,16,26H,10-11H2,1-3H3,(H,28,29). The summed E-state index contributed by atoms with van der Waals surface area (Å²) in [6.07, 6.45) is 0.987. The van der Waals surface area contributed by atoms with Crippen LogP contribution in [0.4, 0.5) is 4.39 Å². The Morgan fingerprint density at radius 2 is 1.87 bits per heavy atom. The highest BCUT2D eigenvalue weighted by Gasteiger charge is 2.20. The molecule has 30 heavy (non-hydrogen) atoms. The third-order valence-corrected chi connectivity index (χ3v) is 4.82. The van der Waals surface area contributed by atoms with Crippen molar-refractivity contribution in [2.75, 3.05) is 7.11 Å². The van der Waals surface area contributed by atoms with E-state index in [0.717, 1.165) is 5.56 Å². The van der Waals surface area contributed by atoms with Gasteiger partial charge in [0.2, 0.25) is 0 Å². The zero-order valence-electron chi connectivity index (χ0n) is 17.0. The van der Waals surface area contributed by atoms with Crippen molar-refractivity contribution in [1.82, 2.24) is 0 Å². The molecular formula is C23H24ClFO5. The van der Waals surface area contributed by atoms with Crippen LogP contribution in [0.5, 0.6) is 5.75 Å². The number of hydrogen-bond donors (Lipinski definition) is 2. The molecule has 0 spiro atoms. The summed E-state index contributed by atoms with van der Waals surface area (Å²) in [5.74, 6) is -1.72. The molecule has 0 aliphatic rings. The van der Waals surface area contributed by atoms with Gasteiger partial charge in [0.05, 0.1) is 18.2 Å². The summed E-state index contributed by atoms with van der Waals surface area (Å²) in [5, 5.41) is 19.3. The lowest BCUT2D eigenvalue weighted by atomic mass is 9.88. The Balaban J connectivity index is 2.56. The van der Waals surface area contributed by atoms with Gasteiger partial charge >= 0.3 is 5.97 Å². The molecule has 7 heteroatoms. The summed E-state index contributed by atoms with van der Waals surface area (Å²) < 4.78 is 19.0. The largest absolute Gasteiger partial charge is 0.495 e. The molecule has 0 bridgehead atoms. The number of carboxylic acids is 1. The quantitative estimate of drug-likeness (QED) is 0.537. The van der Waals surface area contributed by atoms with E-state index < -0.39 is 24.3 Å². The van der Waals surface area contributed by atoms with E-state index in [1.165, 1.54) is 25.3 Å². The van der Waals surface area contributed by atoms with Gasteiger partial charge in [-0.1, -0.05) is 49.7 Å². The molecule has 160 valence electrons. The highest BCUT2D eigenvalue weighted by atomic mass is 35.5. The van der Waals surface area contributed by atoms with Gasteiger partial charge in [-0.2, -0.15) is 0 Å². The van der Waals surface area contributed by atoms with Crippen LogP contribution in [-0.4, -0.2) is 35.2 Å². The van der Waals surface area contributed by atoms with Crippen LogP contribution in [0.1, 0.15) is 43.7 Å². The first-order valence-corrected chi connectivity index (χ1v) is 9.77. The van der Waals surface area contributed by atoms with Crippen molar-refractivity contribution in [3.8, 4) is 16.9 Å². The molecule has 1 unspecified atom stereocenters. The smallest absolute Gasteiger partial charge is 0.310 e. The van der Waals surface area contributed by atoms with E-state index in [4.69, 9.17) is 21.4 Å². The third kappa shape index (κ3) is 5.90. The molecule has 0 aromatic heterocycles. The lowest BCUT2D eigenvalue weighted by Gasteiger charge is -2.20.